The molecule has 1 aliphatic rings. The Hall–Kier alpha value is -2.20. The van der Waals surface area contributed by atoms with E-state index in [1.165, 1.54) is 6.07 Å². The lowest BCUT2D eigenvalue weighted by Crippen LogP contribution is -2.25. The summed E-state index contributed by atoms with van der Waals surface area (Å²) in [7, 11) is 0. The van der Waals surface area contributed by atoms with E-state index in [2.05, 4.69) is 4.98 Å². The largest absolute Gasteiger partial charge is 0.393 e. The van der Waals surface area contributed by atoms with Crippen LogP contribution in [0.2, 0.25) is 0 Å². The molecule has 0 saturated carbocycles. The summed E-state index contributed by atoms with van der Waals surface area (Å²) in [6.07, 6.45) is 1.57. The molecule has 7 nitrogen and oxygen atoms in total. The number of nitrogens with zero attached hydrogens (tertiary/aromatic N) is 4. The van der Waals surface area contributed by atoms with Crippen LogP contribution in [0.25, 0.3) is 0 Å². The van der Waals surface area contributed by atoms with E-state index in [0.29, 0.717) is 18.9 Å². The van der Waals surface area contributed by atoms with Crippen LogP contribution >= 0.6 is 0 Å². The summed E-state index contributed by atoms with van der Waals surface area (Å²) in [4.78, 5) is 16.0. The molecule has 0 bridgehead atoms. The summed E-state index contributed by atoms with van der Waals surface area (Å²) in [6, 6.07) is 3.17. The maximum absolute atomic E-state index is 10.7. The fourth-order valence-electron chi connectivity index (χ4n) is 2.25. The Labute approximate surface area is 110 Å². The van der Waals surface area contributed by atoms with Gasteiger partial charge in [0, 0.05) is 25.1 Å². The van der Waals surface area contributed by atoms with Gasteiger partial charge in [0.2, 0.25) is 0 Å². The van der Waals surface area contributed by atoms with Gasteiger partial charge in [0.25, 0.3) is 5.69 Å². The predicted molar refractivity (Wildman–Crippen MR) is 67.6 cm³/mol. The van der Waals surface area contributed by atoms with Crippen molar-refractivity contribution in [2.75, 3.05) is 18.0 Å². The van der Waals surface area contributed by atoms with Gasteiger partial charge >= 0.3 is 0 Å². The second-order valence-electron chi connectivity index (χ2n) is 4.67. The van der Waals surface area contributed by atoms with Crippen molar-refractivity contribution < 1.29 is 10.0 Å². The van der Waals surface area contributed by atoms with Crippen molar-refractivity contribution in [3.05, 3.63) is 27.9 Å². The van der Waals surface area contributed by atoms with Gasteiger partial charge in [0.15, 0.2) is 0 Å². The third-order valence-corrected chi connectivity index (χ3v) is 3.39. The lowest BCUT2D eigenvalue weighted by atomic mass is 10.0. The molecule has 19 heavy (non-hydrogen) atoms. The van der Waals surface area contributed by atoms with Crippen molar-refractivity contribution in [2.45, 2.75) is 19.4 Å². The third-order valence-electron chi connectivity index (χ3n) is 3.39. The molecule has 0 aromatic carbocycles. The lowest BCUT2D eigenvalue weighted by Gasteiger charge is -2.19. The van der Waals surface area contributed by atoms with Crippen molar-refractivity contribution in [3.63, 3.8) is 0 Å². The summed E-state index contributed by atoms with van der Waals surface area (Å²) in [6.45, 7) is 3.04. The van der Waals surface area contributed by atoms with Gasteiger partial charge < -0.3 is 10.0 Å². The minimum atomic E-state index is -0.569. The van der Waals surface area contributed by atoms with E-state index in [4.69, 9.17) is 5.26 Å². The van der Waals surface area contributed by atoms with Crippen LogP contribution in [0, 0.1) is 27.4 Å². The molecule has 0 radical (unpaired) electrons. The number of hydrogen-bond acceptors (Lipinski definition) is 6. The monoisotopic (exact) mass is 262 g/mol. The van der Waals surface area contributed by atoms with Crippen molar-refractivity contribution in [1.82, 2.24) is 4.98 Å². The van der Waals surface area contributed by atoms with E-state index in [-0.39, 0.29) is 17.2 Å². The maximum atomic E-state index is 10.7. The molecule has 0 aliphatic carbocycles. The minimum absolute atomic E-state index is 0.142. The topological polar surface area (TPSA) is 103 Å². The van der Waals surface area contributed by atoms with Crippen LogP contribution < -0.4 is 4.90 Å². The van der Waals surface area contributed by atoms with Crippen LogP contribution in [0.5, 0.6) is 0 Å². The Morgan fingerprint density at radius 1 is 1.74 bits per heavy atom. The second-order valence-corrected chi connectivity index (χ2v) is 4.67. The first kappa shape index (κ1) is 13.2. The standard InChI is InChI=1S/C12H14N4O3/c1-8(17)9-2-3-15(7-9)12-10(5-13)4-11(6-14-12)16(18)19/h4,6,8-9,17H,2-3,7H2,1H3. The molecule has 100 valence electrons. The first-order chi connectivity index (χ1) is 9.02. The zero-order valence-electron chi connectivity index (χ0n) is 10.5. The van der Waals surface area contributed by atoms with E-state index in [1.54, 1.807) is 6.92 Å². The average molecular weight is 262 g/mol. The molecule has 2 unspecified atom stereocenters. The number of aliphatic hydroxyl groups is 1. The predicted octanol–water partition coefficient (Wildman–Crippen LogP) is 1.07. The fourth-order valence-corrected chi connectivity index (χ4v) is 2.25. The van der Waals surface area contributed by atoms with Crippen molar-refractivity contribution in [2.24, 2.45) is 5.92 Å². The zero-order valence-corrected chi connectivity index (χ0v) is 10.5. The van der Waals surface area contributed by atoms with Gasteiger partial charge in [-0.1, -0.05) is 0 Å². The van der Waals surface area contributed by atoms with Gasteiger partial charge in [-0.3, -0.25) is 10.1 Å². The minimum Gasteiger partial charge on any atom is -0.393 e. The van der Waals surface area contributed by atoms with Crippen LogP contribution in [0.15, 0.2) is 12.3 Å². The lowest BCUT2D eigenvalue weighted by molar-refractivity contribution is -0.385. The Balaban J connectivity index is 2.27. The molecule has 7 heteroatoms. The van der Waals surface area contributed by atoms with Gasteiger partial charge in [0.1, 0.15) is 23.6 Å². The second kappa shape index (κ2) is 5.20. The number of anilines is 1. The number of hydrogen-bond donors (Lipinski definition) is 1. The summed E-state index contributed by atoms with van der Waals surface area (Å²) < 4.78 is 0. The number of aromatic nitrogens is 1. The van der Waals surface area contributed by atoms with E-state index >= 15 is 0 Å². The zero-order chi connectivity index (χ0) is 14.0. The van der Waals surface area contributed by atoms with Crippen molar-refractivity contribution >= 4 is 11.5 Å². The van der Waals surface area contributed by atoms with E-state index in [9.17, 15) is 15.2 Å². The Kier molecular flexibility index (Phi) is 3.62. The molecule has 2 rings (SSSR count). The Morgan fingerprint density at radius 2 is 2.47 bits per heavy atom. The molecule has 1 aromatic heterocycles. The summed E-state index contributed by atoms with van der Waals surface area (Å²) >= 11 is 0. The molecule has 0 spiro atoms. The number of nitriles is 1. The molecular weight excluding hydrogens is 248 g/mol. The fraction of sp³-hybridized carbons (Fsp3) is 0.500. The van der Waals surface area contributed by atoms with Gasteiger partial charge in [0.05, 0.1) is 11.0 Å². The van der Waals surface area contributed by atoms with E-state index in [1.807, 2.05) is 11.0 Å². The Morgan fingerprint density at radius 3 is 3.00 bits per heavy atom. The SMILES string of the molecule is CC(O)C1CCN(c2ncc([N+](=O)[O-])cc2C#N)C1. The van der Waals surface area contributed by atoms with Crippen LogP contribution in [-0.2, 0) is 0 Å². The third kappa shape index (κ3) is 2.63. The van der Waals surface area contributed by atoms with Crippen molar-refractivity contribution in [1.29, 1.82) is 5.26 Å². The highest BCUT2D eigenvalue weighted by molar-refractivity contribution is 5.57. The van der Waals surface area contributed by atoms with Gasteiger partial charge in [-0.2, -0.15) is 5.26 Å². The van der Waals surface area contributed by atoms with E-state index < -0.39 is 11.0 Å². The number of aliphatic hydroxyl groups excluding tert-OH is 1. The molecule has 1 saturated heterocycles. The van der Waals surface area contributed by atoms with Gasteiger partial charge in [-0.05, 0) is 13.3 Å². The average Bonchev–Trinajstić information content (AvgIpc) is 2.87. The molecule has 1 aromatic rings. The summed E-state index contributed by atoms with van der Waals surface area (Å²) in [5, 5.41) is 29.3. The number of pyridine rings is 1. The van der Waals surface area contributed by atoms with Crippen molar-refractivity contribution in [3.8, 4) is 6.07 Å². The molecule has 2 atom stereocenters. The van der Waals surface area contributed by atoms with Crippen LogP contribution in [-0.4, -0.2) is 34.2 Å². The molecule has 1 N–H and O–H groups in total. The highest BCUT2D eigenvalue weighted by Crippen LogP contribution is 2.28. The molecular formula is C12H14N4O3. The first-order valence-electron chi connectivity index (χ1n) is 6.00. The highest BCUT2D eigenvalue weighted by atomic mass is 16.6. The van der Waals surface area contributed by atoms with Crippen LogP contribution in [0.3, 0.4) is 0 Å². The molecule has 1 fully saturated rings. The number of nitro groups is 1. The molecule has 1 aliphatic heterocycles. The smallest absolute Gasteiger partial charge is 0.289 e. The first-order valence-corrected chi connectivity index (χ1v) is 6.00. The number of rotatable bonds is 3. The summed E-state index contributed by atoms with van der Waals surface area (Å²) in [5.41, 5.74) is 0.00650. The van der Waals surface area contributed by atoms with Gasteiger partial charge in [-0.25, -0.2) is 4.98 Å². The molecule has 0 amide bonds. The maximum Gasteiger partial charge on any atom is 0.289 e. The summed E-state index contributed by atoms with van der Waals surface area (Å²) in [5.74, 6) is 0.597. The Bertz CT molecular complexity index is 538. The van der Waals surface area contributed by atoms with E-state index in [0.717, 1.165) is 12.6 Å². The normalized spacial score (nSPS) is 20.1. The highest BCUT2D eigenvalue weighted by Gasteiger charge is 2.28. The molecule has 2 heterocycles. The van der Waals surface area contributed by atoms with Crippen LogP contribution in [0.1, 0.15) is 18.9 Å². The quantitative estimate of drug-likeness (QED) is 0.645. The van der Waals surface area contributed by atoms with Gasteiger partial charge in [-0.15, -0.1) is 0 Å². The van der Waals surface area contributed by atoms with Crippen LogP contribution in [0.4, 0.5) is 11.5 Å².